The number of pyridine rings is 1. The van der Waals surface area contributed by atoms with Gasteiger partial charge in [-0.05, 0) is 29.8 Å². The molecule has 0 radical (unpaired) electrons. The van der Waals surface area contributed by atoms with Crippen LogP contribution in [0.5, 0.6) is 5.75 Å². The molecule has 0 aliphatic heterocycles. The molecule has 0 spiro atoms. The van der Waals surface area contributed by atoms with E-state index in [1.54, 1.807) is 0 Å². The average molecular weight is 264 g/mol. The smallest absolute Gasteiger partial charge is 0.273 e. The summed E-state index contributed by atoms with van der Waals surface area (Å²) in [6, 6.07) is 6.15. The fourth-order valence-electron chi connectivity index (χ4n) is 1.49. The SMILES string of the molecule is O=C(NCc1ccc(F)c(F)c1)c1ncccc1O. The molecular weight excluding hydrogens is 254 g/mol. The first-order valence-electron chi connectivity index (χ1n) is 5.44. The summed E-state index contributed by atoms with van der Waals surface area (Å²) in [5.74, 6) is -2.77. The van der Waals surface area contributed by atoms with Gasteiger partial charge in [-0.3, -0.25) is 4.79 Å². The van der Waals surface area contributed by atoms with Crippen molar-refractivity contribution in [2.45, 2.75) is 6.54 Å². The fourth-order valence-corrected chi connectivity index (χ4v) is 1.49. The minimum Gasteiger partial charge on any atom is -0.505 e. The number of benzene rings is 1. The summed E-state index contributed by atoms with van der Waals surface area (Å²) in [7, 11) is 0. The molecule has 0 fully saturated rings. The first kappa shape index (κ1) is 12.9. The van der Waals surface area contributed by atoms with E-state index in [0.29, 0.717) is 5.56 Å². The predicted molar refractivity (Wildman–Crippen MR) is 63.4 cm³/mol. The number of rotatable bonds is 3. The lowest BCUT2D eigenvalue weighted by molar-refractivity contribution is 0.0943. The fraction of sp³-hybridized carbons (Fsp3) is 0.0769. The zero-order chi connectivity index (χ0) is 13.8. The topological polar surface area (TPSA) is 62.2 Å². The number of halogens is 2. The van der Waals surface area contributed by atoms with Gasteiger partial charge in [-0.2, -0.15) is 0 Å². The van der Waals surface area contributed by atoms with E-state index in [4.69, 9.17) is 0 Å². The Balaban J connectivity index is 2.04. The number of carbonyl (C=O) groups is 1. The average Bonchev–Trinajstić information content (AvgIpc) is 2.40. The number of carbonyl (C=O) groups excluding carboxylic acids is 1. The highest BCUT2D eigenvalue weighted by Crippen LogP contribution is 2.13. The Labute approximate surface area is 107 Å². The van der Waals surface area contributed by atoms with E-state index in [1.165, 1.54) is 24.4 Å². The van der Waals surface area contributed by atoms with Crippen molar-refractivity contribution in [3.8, 4) is 5.75 Å². The minimum atomic E-state index is -0.979. The van der Waals surface area contributed by atoms with E-state index in [9.17, 15) is 18.7 Å². The summed E-state index contributed by atoms with van der Waals surface area (Å²) < 4.78 is 25.7. The molecule has 4 nitrogen and oxygen atoms in total. The molecule has 0 saturated heterocycles. The van der Waals surface area contributed by atoms with Crippen LogP contribution in [0.25, 0.3) is 0 Å². The third kappa shape index (κ3) is 3.04. The Hall–Kier alpha value is -2.50. The lowest BCUT2D eigenvalue weighted by Crippen LogP contribution is -2.23. The quantitative estimate of drug-likeness (QED) is 0.891. The van der Waals surface area contributed by atoms with Gasteiger partial charge in [-0.1, -0.05) is 6.07 Å². The molecule has 0 atom stereocenters. The molecule has 0 aliphatic carbocycles. The van der Waals surface area contributed by atoms with Gasteiger partial charge in [0.1, 0.15) is 5.75 Å². The Morgan fingerprint density at radius 2 is 2.05 bits per heavy atom. The highest BCUT2D eigenvalue weighted by molar-refractivity contribution is 5.94. The highest BCUT2D eigenvalue weighted by Gasteiger charge is 2.12. The molecule has 98 valence electrons. The zero-order valence-corrected chi connectivity index (χ0v) is 9.73. The predicted octanol–water partition coefficient (Wildman–Crippen LogP) is 2.00. The summed E-state index contributed by atoms with van der Waals surface area (Å²) in [6.07, 6.45) is 1.37. The number of nitrogens with one attached hydrogen (secondary N) is 1. The zero-order valence-electron chi connectivity index (χ0n) is 9.73. The maximum absolute atomic E-state index is 13.0. The van der Waals surface area contributed by atoms with Crippen LogP contribution in [0.3, 0.4) is 0 Å². The lowest BCUT2D eigenvalue weighted by atomic mass is 10.2. The maximum Gasteiger partial charge on any atom is 0.273 e. The normalized spacial score (nSPS) is 10.2. The van der Waals surface area contributed by atoms with Crippen LogP contribution in [0, 0.1) is 11.6 Å². The summed E-state index contributed by atoms with van der Waals surface area (Å²) >= 11 is 0. The van der Waals surface area contributed by atoms with Crippen LogP contribution >= 0.6 is 0 Å². The van der Waals surface area contributed by atoms with Crippen molar-refractivity contribution in [2.75, 3.05) is 0 Å². The van der Waals surface area contributed by atoms with Crippen molar-refractivity contribution in [1.82, 2.24) is 10.3 Å². The standard InChI is InChI=1S/C13H10F2N2O2/c14-9-4-3-8(6-10(9)15)7-17-13(19)12-11(18)2-1-5-16-12/h1-6,18H,7H2,(H,17,19). The van der Waals surface area contributed by atoms with Crippen LogP contribution in [-0.2, 0) is 6.54 Å². The van der Waals surface area contributed by atoms with Gasteiger partial charge in [0, 0.05) is 12.7 Å². The molecular formula is C13H10F2N2O2. The largest absolute Gasteiger partial charge is 0.505 e. The van der Waals surface area contributed by atoms with Gasteiger partial charge in [0.05, 0.1) is 0 Å². The Morgan fingerprint density at radius 3 is 2.74 bits per heavy atom. The van der Waals surface area contributed by atoms with Crippen molar-refractivity contribution in [1.29, 1.82) is 0 Å². The summed E-state index contributed by atoms with van der Waals surface area (Å²) in [6.45, 7) is 0.00600. The van der Waals surface area contributed by atoms with Gasteiger partial charge in [0.25, 0.3) is 5.91 Å². The third-order valence-electron chi connectivity index (χ3n) is 2.44. The molecule has 1 aromatic carbocycles. The van der Waals surface area contributed by atoms with Gasteiger partial charge >= 0.3 is 0 Å². The molecule has 1 heterocycles. The number of hydrogen-bond acceptors (Lipinski definition) is 3. The molecule has 2 N–H and O–H groups in total. The Bertz CT molecular complexity index is 617. The van der Waals surface area contributed by atoms with Crippen molar-refractivity contribution < 1.29 is 18.7 Å². The maximum atomic E-state index is 13.0. The molecule has 0 aliphatic rings. The molecule has 6 heteroatoms. The van der Waals surface area contributed by atoms with Crippen molar-refractivity contribution >= 4 is 5.91 Å². The second-order valence-corrected chi connectivity index (χ2v) is 3.80. The van der Waals surface area contributed by atoms with Crippen molar-refractivity contribution in [3.05, 3.63) is 59.4 Å². The molecule has 19 heavy (non-hydrogen) atoms. The third-order valence-corrected chi connectivity index (χ3v) is 2.44. The number of aromatic hydroxyl groups is 1. The summed E-state index contributed by atoms with van der Waals surface area (Å²) in [5, 5.41) is 11.9. The van der Waals surface area contributed by atoms with E-state index in [1.807, 2.05) is 0 Å². The van der Waals surface area contributed by atoms with Crippen LogP contribution < -0.4 is 5.32 Å². The van der Waals surface area contributed by atoms with E-state index < -0.39 is 17.5 Å². The van der Waals surface area contributed by atoms with Crippen LogP contribution in [0.2, 0.25) is 0 Å². The van der Waals surface area contributed by atoms with Crippen molar-refractivity contribution in [2.24, 2.45) is 0 Å². The number of amides is 1. The second kappa shape index (κ2) is 5.43. The van der Waals surface area contributed by atoms with Crippen LogP contribution in [0.15, 0.2) is 36.5 Å². The summed E-state index contributed by atoms with van der Waals surface area (Å²) in [4.78, 5) is 15.4. The van der Waals surface area contributed by atoms with Crippen LogP contribution in [0.4, 0.5) is 8.78 Å². The first-order valence-corrected chi connectivity index (χ1v) is 5.44. The van der Waals surface area contributed by atoms with Gasteiger partial charge in [0.2, 0.25) is 0 Å². The van der Waals surface area contributed by atoms with Gasteiger partial charge < -0.3 is 10.4 Å². The van der Waals surface area contributed by atoms with E-state index >= 15 is 0 Å². The van der Waals surface area contributed by atoms with Crippen molar-refractivity contribution in [3.63, 3.8) is 0 Å². The van der Waals surface area contributed by atoms with E-state index in [-0.39, 0.29) is 18.0 Å². The van der Waals surface area contributed by atoms with Crippen LogP contribution in [-0.4, -0.2) is 16.0 Å². The molecule has 0 unspecified atom stereocenters. The Kier molecular flexibility index (Phi) is 3.70. The molecule has 1 aromatic heterocycles. The lowest BCUT2D eigenvalue weighted by Gasteiger charge is -2.06. The second-order valence-electron chi connectivity index (χ2n) is 3.80. The number of aromatic nitrogens is 1. The van der Waals surface area contributed by atoms with Crippen LogP contribution in [0.1, 0.15) is 16.1 Å². The van der Waals surface area contributed by atoms with E-state index in [0.717, 1.165) is 12.1 Å². The molecule has 2 aromatic rings. The molecule has 1 amide bonds. The van der Waals surface area contributed by atoms with Gasteiger partial charge in [-0.25, -0.2) is 13.8 Å². The Morgan fingerprint density at radius 1 is 1.26 bits per heavy atom. The number of hydrogen-bond donors (Lipinski definition) is 2. The molecule has 2 rings (SSSR count). The van der Waals surface area contributed by atoms with E-state index in [2.05, 4.69) is 10.3 Å². The first-order chi connectivity index (χ1) is 9.08. The molecule has 0 bridgehead atoms. The summed E-state index contributed by atoms with van der Waals surface area (Å²) in [5.41, 5.74) is 0.285. The minimum absolute atomic E-state index is 0.00600. The number of nitrogens with zero attached hydrogens (tertiary/aromatic N) is 1. The highest BCUT2D eigenvalue weighted by atomic mass is 19.2. The monoisotopic (exact) mass is 264 g/mol. The van der Waals surface area contributed by atoms with Gasteiger partial charge in [0.15, 0.2) is 17.3 Å². The van der Waals surface area contributed by atoms with Gasteiger partial charge in [-0.15, -0.1) is 0 Å². The molecule has 0 saturated carbocycles.